The van der Waals surface area contributed by atoms with Crippen LogP contribution < -0.4 is 4.74 Å². The molecule has 0 fully saturated rings. The molecule has 30 heavy (non-hydrogen) atoms. The predicted molar refractivity (Wildman–Crippen MR) is 125 cm³/mol. The molecule has 0 radical (unpaired) electrons. The lowest BCUT2D eigenvalue weighted by Crippen LogP contribution is -2.01. The van der Waals surface area contributed by atoms with Gasteiger partial charge in [0.05, 0.1) is 18.0 Å². The molecular formula is C28H23NO. The molecule has 0 saturated carbocycles. The molecule has 5 aromatic rings. The zero-order valence-corrected chi connectivity index (χ0v) is 17.0. The molecule has 1 heterocycles. The van der Waals surface area contributed by atoms with Crippen molar-refractivity contribution in [2.45, 2.75) is 6.92 Å². The Morgan fingerprint density at radius 1 is 0.600 bits per heavy atom. The number of ether oxygens (including phenoxy) is 1. The molecule has 0 amide bonds. The molecule has 5 rings (SSSR count). The minimum atomic E-state index is 0.647. The zero-order valence-electron chi connectivity index (χ0n) is 17.0. The molecule has 0 aliphatic carbocycles. The van der Waals surface area contributed by atoms with Gasteiger partial charge >= 0.3 is 0 Å². The Balaban J connectivity index is 1.91. The fourth-order valence-electron chi connectivity index (χ4n) is 4.15. The molecule has 0 atom stereocenters. The van der Waals surface area contributed by atoms with E-state index in [1.54, 1.807) is 0 Å². The van der Waals surface area contributed by atoms with Gasteiger partial charge in [0.15, 0.2) is 0 Å². The first kappa shape index (κ1) is 18.3. The Labute approximate surface area is 177 Å². The first-order valence-corrected chi connectivity index (χ1v) is 10.3. The molecule has 1 aromatic heterocycles. The fraction of sp³-hybridized carbons (Fsp3) is 0.0714. The van der Waals surface area contributed by atoms with E-state index in [2.05, 4.69) is 108 Å². The van der Waals surface area contributed by atoms with Crippen LogP contribution in [0.2, 0.25) is 0 Å². The van der Waals surface area contributed by atoms with Gasteiger partial charge in [0.25, 0.3) is 0 Å². The number of benzene rings is 4. The Morgan fingerprint density at radius 2 is 1.13 bits per heavy atom. The van der Waals surface area contributed by atoms with Gasteiger partial charge in [-0.05, 0) is 30.2 Å². The molecule has 0 aliphatic rings. The van der Waals surface area contributed by atoms with Crippen LogP contribution in [0.1, 0.15) is 6.92 Å². The van der Waals surface area contributed by atoms with E-state index in [1.165, 1.54) is 33.3 Å². The highest BCUT2D eigenvalue weighted by molar-refractivity contribution is 6.06. The summed E-state index contributed by atoms with van der Waals surface area (Å²) < 4.78 is 8.19. The molecule has 0 saturated heterocycles. The molecule has 0 spiro atoms. The van der Waals surface area contributed by atoms with Gasteiger partial charge < -0.3 is 9.30 Å². The number of hydrogen-bond donors (Lipinski definition) is 0. The van der Waals surface area contributed by atoms with Gasteiger partial charge in [0.2, 0.25) is 0 Å². The predicted octanol–water partition coefficient (Wildman–Crippen LogP) is 7.36. The second kappa shape index (κ2) is 7.92. The maximum absolute atomic E-state index is 5.82. The van der Waals surface area contributed by atoms with Gasteiger partial charge in [-0.3, -0.25) is 0 Å². The summed E-state index contributed by atoms with van der Waals surface area (Å²) in [6, 6.07) is 38.3. The minimum absolute atomic E-state index is 0.647. The molecule has 0 bridgehead atoms. The van der Waals surface area contributed by atoms with Gasteiger partial charge in [-0.1, -0.05) is 91.0 Å². The van der Waals surface area contributed by atoms with E-state index in [1.807, 2.05) is 13.0 Å². The number of hydrogen-bond acceptors (Lipinski definition) is 1. The highest BCUT2D eigenvalue weighted by atomic mass is 16.5. The second-order valence-corrected chi connectivity index (χ2v) is 7.24. The van der Waals surface area contributed by atoms with Crippen LogP contribution in [0.5, 0.6) is 5.75 Å². The van der Waals surface area contributed by atoms with Crippen molar-refractivity contribution in [2.75, 3.05) is 6.61 Å². The SMILES string of the molecule is CCOc1cccc(-n2c(-c3ccccc3)c3ccccc3c2-c2ccccc2)c1. The van der Waals surface area contributed by atoms with Crippen LogP contribution in [0.3, 0.4) is 0 Å². The van der Waals surface area contributed by atoms with Gasteiger partial charge in [-0.15, -0.1) is 0 Å². The van der Waals surface area contributed by atoms with Crippen LogP contribution in [0, 0.1) is 0 Å². The molecule has 2 nitrogen and oxygen atoms in total. The van der Waals surface area contributed by atoms with Gasteiger partial charge in [0, 0.05) is 22.5 Å². The standard InChI is InChI=1S/C28H23NO/c1-2-30-24-17-11-16-23(20-24)29-27(21-12-5-3-6-13-21)25-18-9-10-19-26(25)28(29)22-14-7-4-8-15-22/h3-20H,2H2,1H3. The van der Waals surface area contributed by atoms with Crippen molar-refractivity contribution in [3.8, 4) is 34.0 Å². The van der Waals surface area contributed by atoms with Crippen molar-refractivity contribution in [1.29, 1.82) is 0 Å². The Kier molecular flexibility index (Phi) is 4.82. The molecule has 0 aliphatic heterocycles. The third kappa shape index (κ3) is 3.17. The van der Waals surface area contributed by atoms with Crippen LogP contribution in [0.4, 0.5) is 0 Å². The Hall–Kier alpha value is -3.78. The minimum Gasteiger partial charge on any atom is -0.494 e. The lowest BCUT2D eigenvalue weighted by Gasteiger charge is -2.16. The van der Waals surface area contributed by atoms with Crippen LogP contribution >= 0.6 is 0 Å². The number of nitrogens with zero attached hydrogens (tertiary/aromatic N) is 1. The highest BCUT2D eigenvalue weighted by Crippen LogP contribution is 2.41. The van der Waals surface area contributed by atoms with E-state index >= 15 is 0 Å². The second-order valence-electron chi connectivity index (χ2n) is 7.24. The van der Waals surface area contributed by atoms with Crippen molar-refractivity contribution in [3.05, 3.63) is 109 Å². The summed E-state index contributed by atoms with van der Waals surface area (Å²) in [5.74, 6) is 0.880. The molecule has 2 heteroatoms. The lowest BCUT2D eigenvalue weighted by molar-refractivity contribution is 0.340. The molecule has 0 unspecified atom stereocenters. The van der Waals surface area contributed by atoms with E-state index in [0.29, 0.717) is 6.61 Å². The van der Waals surface area contributed by atoms with E-state index in [4.69, 9.17) is 4.74 Å². The van der Waals surface area contributed by atoms with Crippen molar-refractivity contribution in [2.24, 2.45) is 0 Å². The third-order valence-corrected chi connectivity index (χ3v) is 5.37. The van der Waals surface area contributed by atoms with E-state index in [9.17, 15) is 0 Å². The number of fused-ring (bicyclic) bond motifs is 1. The fourth-order valence-corrected chi connectivity index (χ4v) is 4.15. The monoisotopic (exact) mass is 389 g/mol. The summed E-state index contributed by atoms with van der Waals surface area (Å²) in [6.45, 7) is 2.66. The van der Waals surface area contributed by atoms with Crippen LogP contribution in [-0.4, -0.2) is 11.2 Å². The third-order valence-electron chi connectivity index (χ3n) is 5.37. The van der Waals surface area contributed by atoms with Gasteiger partial charge in [-0.25, -0.2) is 0 Å². The van der Waals surface area contributed by atoms with E-state index < -0.39 is 0 Å². The maximum atomic E-state index is 5.82. The van der Waals surface area contributed by atoms with Crippen molar-refractivity contribution >= 4 is 10.8 Å². The van der Waals surface area contributed by atoms with Crippen molar-refractivity contribution in [1.82, 2.24) is 4.57 Å². The summed E-state index contributed by atoms with van der Waals surface area (Å²) >= 11 is 0. The molecule has 146 valence electrons. The zero-order chi connectivity index (χ0) is 20.3. The first-order valence-electron chi connectivity index (χ1n) is 10.3. The Morgan fingerprint density at radius 3 is 1.67 bits per heavy atom. The highest BCUT2D eigenvalue weighted by Gasteiger charge is 2.20. The van der Waals surface area contributed by atoms with Gasteiger partial charge in [0.1, 0.15) is 5.75 Å². The summed E-state index contributed by atoms with van der Waals surface area (Å²) in [6.07, 6.45) is 0. The van der Waals surface area contributed by atoms with Crippen molar-refractivity contribution in [3.63, 3.8) is 0 Å². The van der Waals surface area contributed by atoms with Crippen LogP contribution in [0.25, 0.3) is 39.0 Å². The average Bonchev–Trinajstić information content (AvgIpc) is 3.16. The molecular weight excluding hydrogens is 366 g/mol. The summed E-state index contributed by atoms with van der Waals surface area (Å²) in [5, 5.41) is 2.48. The number of rotatable bonds is 5. The lowest BCUT2D eigenvalue weighted by atomic mass is 10.0. The largest absolute Gasteiger partial charge is 0.494 e. The van der Waals surface area contributed by atoms with Crippen molar-refractivity contribution < 1.29 is 4.74 Å². The smallest absolute Gasteiger partial charge is 0.121 e. The summed E-state index contributed by atoms with van der Waals surface area (Å²) in [7, 11) is 0. The van der Waals surface area contributed by atoms with E-state index in [0.717, 1.165) is 11.4 Å². The summed E-state index contributed by atoms with van der Waals surface area (Å²) in [4.78, 5) is 0. The molecule has 0 N–H and O–H groups in total. The average molecular weight is 389 g/mol. The normalized spacial score (nSPS) is 11.0. The van der Waals surface area contributed by atoms with E-state index in [-0.39, 0.29) is 0 Å². The first-order chi connectivity index (χ1) is 14.9. The number of aromatic nitrogens is 1. The maximum Gasteiger partial charge on any atom is 0.121 e. The van der Waals surface area contributed by atoms with Crippen LogP contribution in [-0.2, 0) is 0 Å². The van der Waals surface area contributed by atoms with Crippen LogP contribution in [0.15, 0.2) is 109 Å². The topological polar surface area (TPSA) is 14.2 Å². The Bertz CT molecular complexity index is 1210. The van der Waals surface area contributed by atoms with Gasteiger partial charge in [-0.2, -0.15) is 0 Å². The molecule has 4 aromatic carbocycles. The summed E-state index contributed by atoms with van der Waals surface area (Å²) in [5.41, 5.74) is 5.86. The quantitative estimate of drug-likeness (QED) is 0.306.